The monoisotopic (exact) mass is 398 g/mol. The molecule has 0 spiro atoms. The molecule has 0 bridgehead atoms. The van der Waals surface area contributed by atoms with Crippen LogP contribution in [0.2, 0.25) is 0 Å². The topological polar surface area (TPSA) is 48.7 Å². The number of imidazole rings is 1. The van der Waals surface area contributed by atoms with Crippen molar-refractivity contribution in [2.24, 2.45) is 4.99 Å². The van der Waals surface area contributed by atoms with Crippen molar-refractivity contribution in [3.05, 3.63) is 65.8 Å². The molecular formula is C20H23FN6S. The van der Waals surface area contributed by atoms with Gasteiger partial charge < -0.3 is 19.7 Å². The minimum absolute atomic E-state index is 0.267. The smallest absolute Gasteiger partial charge is 0.194 e. The number of thiophene rings is 1. The van der Waals surface area contributed by atoms with E-state index < -0.39 is 0 Å². The molecule has 1 N–H and O–H groups in total. The molecule has 4 rings (SSSR count). The Balaban J connectivity index is 1.34. The highest BCUT2D eigenvalue weighted by molar-refractivity contribution is 7.14. The Morgan fingerprint density at radius 1 is 1.25 bits per heavy atom. The van der Waals surface area contributed by atoms with Crippen molar-refractivity contribution in [2.75, 3.05) is 38.1 Å². The summed E-state index contributed by atoms with van der Waals surface area (Å²) in [5.41, 5.74) is 1.37. The van der Waals surface area contributed by atoms with Crippen LogP contribution in [-0.4, -0.2) is 53.6 Å². The van der Waals surface area contributed by atoms with Gasteiger partial charge in [0.25, 0.3) is 0 Å². The molecule has 8 heteroatoms. The molecule has 0 atom stereocenters. The molecule has 0 aliphatic carbocycles. The Bertz CT molecular complexity index is 914. The molecule has 1 fully saturated rings. The Hall–Kier alpha value is -2.87. The van der Waals surface area contributed by atoms with E-state index in [1.54, 1.807) is 53.8 Å². The number of nitrogens with zero attached hydrogens (tertiary/aromatic N) is 5. The molecule has 1 saturated heterocycles. The molecule has 6 nitrogen and oxygen atoms in total. The van der Waals surface area contributed by atoms with E-state index in [2.05, 4.69) is 42.6 Å². The lowest BCUT2D eigenvalue weighted by Crippen LogP contribution is -2.52. The summed E-state index contributed by atoms with van der Waals surface area (Å²) in [5.74, 6) is 0.585. The maximum atomic E-state index is 14.4. The first-order valence-corrected chi connectivity index (χ1v) is 10.1. The number of hydrogen-bond donors (Lipinski definition) is 1. The highest BCUT2D eigenvalue weighted by atomic mass is 32.1. The van der Waals surface area contributed by atoms with Crippen molar-refractivity contribution < 1.29 is 4.39 Å². The lowest BCUT2D eigenvalue weighted by atomic mass is 10.2. The first-order chi connectivity index (χ1) is 13.7. The minimum atomic E-state index is -0.267. The van der Waals surface area contributed by atoms with Crippen molar-refractivity contribution in [2.45, 2.75) is 6.54 Å². The summed E-state index contributed by atoms with van der Waals surface area (Å²) in [6.45, 7) is 4.28. The van der Waals surface area contributed by atoms with Crippen LogP contribution in [0.3, 0.4) is 0 Å². The second-order valence-electron chi connectivity index (χ2n) is 6.58. The van der Waals surface area contributed by atoms with E-state index in [1.165, 1.54) is 5.00 Å². The average molecular weight is 399 g/mol. The van der Waals surface area contributed by atoms with E-state index in [0.717, 1.165) is 37.7 Å². The number of benzene rings is 1. The Morgan fingerprint density at radius 2 is 2.11 bits per heavy atom. The van der Waals surface area contributed by atoms with Crippen LogP contribution >= 0.6 is 11.3 Å². The summed E-state index contributed by atoms with van der Waals surface area (Å²) in [6, 6.07) is 9.51. The van der Waals surface area contributed by atoms with E-state index in [4.69, 9.17) is 0 Å². The molecule has 0 unspecified atom stereocenters. The Kier molecular flexibility index (Phi) is 5.57. The number of hydrogen-bond acceptors (Lipinski definition) is 4. The first-order valence-electron chi connectivity index (χ1n) is 9.25. The average Bonchev–Trinajstić information content (AvgIpc) is 3.43. The van der Waals surface area contributed by atoms with Gasteiger partial charge in [-0.15, -0.1) is 11.3 Å². The van der Waals surface area contributed by atoms with Crippen LogP contribution in [0.5, 0.6) is 0 Å². The van der Waals surface area contributed by atoms with Gasteiger partial charge in [-0.25, -0.2) is 9.37 Å². The molecule has 0 radical (unpaired) electrons. The number of piperazine rings is 1. The second-order valence-corrected chi connectivity index (χ2v) is 7.51. The van der Waals surface area contributed by atoms with Crippen molar-refractivity contribution >= 4 is 22.3 Å². The van der Waals surface area contributed by atoms with Gasteiger partial charge in [-0.05, 0) is 35.2 Å². The predicted molar refractivity (Wildman–Crippen MR) is 112 cm³/mol. The Morgan fingerprint density at radius 3 is 2.75 bits per heavy atom. The van der Waals surface area contributed by atoms with E-state index in [-0.39, 0.29) is 5.82 Å². The maximum absolute atomic E-state index is 14.4. The normalized spacial score (nSPS) is 15.1. The summed E-state index contributed by atoms with van der Waals surface area (Å²) in [4.78, 5) is 13.0. The van der Waals surface area contributed by atoms with Crippen molar-refractivity contribution in [3.63, 3.8) is 0 Å². The van der Waals surface area contributed by atoms with Crippen LogP contribution in [0.25, 0.3) is 5.69 Å². The van der Waals surface area contributed by atoms with Gasteiger partial charge in [0, 0.05) is 52.2 Å². The lowest BCUT2D eigenvalue weighted by Gasteiger charge is -2.37. The molecular weight excluding hydrogens is 375 g/mol. The van der Waals surface area contributed by atoms with Gasteiger partial charge in [0.15, 0.2) is 5.96 Å². The van der Waals surface area contributed by atoms with Gasteiger partial charge in [-0.2, -0.15) is 0 Å². The zero-order valence-electron chi connectivity index (χ0n) is 15.8. The number of aliphatic imine (C=N–C) groups is 1. The third-order valence-corrected chi connectivity index (χ3v) is 5.78. The van der Waals surface area contributed by atoms with Crippen molar-refractivity contribution in [1.82, 2.24) is 19.8 Å². The van der Waals surface area contributed by atoms with Gasteiger partial charge in [-0.3, -0.25) is 4.99 Å². The van der Waals surface area contributed by atoms with Crippen LogP contribution in [0.1, 0.15) is 5.56 Å². The third-order valence-electron chi connectivity index (χ3n) is 4.85. The van der Waals surface area contributed by atoms with Crippen molar-refractivity contribution in [1.29, 1.82) is 0 Å². The van der Waals surface area contributed by atoms with E-state index in [1.807, 2.05) is 6.07 Å². The summed E-state index contributed by atoms with van der Waals surface area (Å²) >= 11 is 1.77. The zero-order chi connectivity index (χ0) is 19.3. The van der Waals surface area contributed by atoms with Crippen molar-refractivity contribution in [3.8, 4) is 5.69 Å². The molecule has 3 aromatic rings. The maximum Gasteiger partial charge on any atom is 0.194 e. The number of guanidine groups is 1. The van der Waals surface area contributed by atoms with Gasteiger partial charge >= 0.3 is 0 Å². The van der Waals surface area contributed by atoms with Gasteiger partial charge in [0.05, 0.1) is 17.0 Å². The van der Waals surface area contributed by atoms with E-state index >= 15 is 0 Å². The summed E-state index contributed by atoms with van der Waals surface area (Å²) in [6.07, 6.45) is 4.96. The molecule has 3 heterocycles. The van der Waals surface area contributed by atoms with Crippen LogP contribution in [0, 0.1) is 5.82 Å². The summed E-state index contributed by atoms with van der Waals surface area (Å²) in [5, 5.41) is 6.79. The van der Waals surface area contributed by atoms with Crippen LogP contribution in [0.4, 0.5) is 9.39 Å². The molecule has 0 saturated carbocycles. The Labute approximate surface area is 168 Å². The number of nitrogens with one attached hydrogen (secondary N) is 1. The fourth-order valence-corrected chi connectivity index (χ4v) is 4.16. The number of aromatic nitrogens is 2. The molecule has 0 amide bonds. The largest absolute Gasteiger partial charge is 0.360 e. The molecule has 146 valence electrons. The standard InChI is InChI=1S/C20H23FN6S/c1-22-20(26-10-8-25(9-11-26)19-3-2-12-28-19)24-14-16-4-5-18(17(21)13-16)27-7-6-23-15-27/h2-7,12-13,15H,8-11,14H2,1H3,(H,22,24). The van der Waals surface area contributed by atoms with Crippen LogP contribution < -0.4 is 10.2 Å². The lowest BCUT2D eigenvalue weighted by molar-refractivity contribution is 0.373. The first kappa shape index (κ1) is 18.5. The SMILES string of the molecule is CN=C(NCc1ccc(-n2ccnc2)c(F)c1)N1CCN(c2cccs2)CC1. The molecule has 1 aliphatic rings. The molecule has 2 aromatic heterocycles. The summed E-state index contributed by atoms with van der Waals surface area (Å²) < 4.78 is 16.1. The van der Waals surface area contributed by atoms with Gasteiger partial charge in [0.1, 0.15) is 5.82 Å². The highest BCUT2D eigenvalue weighted by Crippen LogP contribution is 2.22. The number of anilines is 1. The molecule has 28 heavy (non-hydrogen) atoms. The van der Waals surface area contributed by atoms with E-state index in [0.29, 0.717) is 12.2 Å². The summed E-state index contributed by atoms with van der Waals surface area (Å²) in [7, 11) is 1.79. The molecule has 1 aromatic carbocycles. The van der Waals surface area contributed by atoms with Gasteiger partial charge in [-0.1, -0.05) is 6.07 Å². The highest BCUT2D eigenvalue weighted by Gasteiger charge is 2.20. The fourth-order valence-electron chi connectivity index (χ4n) is 3.37. The zero-order valence-corrected chi connectivity index (χ0v) is 16.6. The van der Waals surface area contributed by atoms with E-state index in [9.17, 15) is 4.39 Å². The van der Waals surface area contributed by atoms with Crippen LogP contribution in [0.15, 0.2) is 59.4 Å². The number of halogens is 1. The third kappa shape index (κ3) is 4.01. The number of rotatable bonds is 4. The van der Waals surface area contributed by atoms with Gasteiger partial charge in [0.2, 0.25) is 0 Å². The quantitative estimate of drug-likeness (QED) is 0.542. The van der Waals surface area contributed by atoms with Crippen LogP contribution in [-0.2, 0) is 6.54 Å². The fraction of sp³-hybridized carbons (Fsp3) is 0.300. The second kappa shape index (κ2) is 8.43. The predicted octanol–water partition coefficient (Wildman–Crippen LogP) is 2.97. The minimum Gasteiger partial charge on any atom is -0.360 e. The molecule has 1 aliphatic heterocycles.